The van der Waals surface area contributed by atoms with Gasteiger partial charge in [-0.05, 0) is 73.6 Å². The zero-order valence-electron chi connectivity index (χ0n) is 20.3. The molecule has 1 aliphatic rings. The number of unbranched alkanes of at least 4 members (excludes halogenated alkanes) is 1. The van der Waals surface area contributed by atoms with E-state index in [0.29, 0.717) is 43.6 Å². The number of thiophene rings is 1. The molecule has 0 radical (unpaired) electrons. The maximum Gasteiger partial charge on any atom is 0.346 e. The Kier molecular flexibility index (Phi) is 11.6. The van der Waals surface area contributed by atoms with Crippen LogP contribution in [-0.4, -0.2) is 53.7 Å². The SMILES string of the molecule is Cl.N#C/C(=C\c1ccc(-c2ccc3c(c2)CCCN3CCC(=O)NCCCC[C@@H](N)C(=O)O)s1)C(=O)O. The third-order valence-electron chi connectivity index (χ3n) is 6.03. The van der Waals surface area contributed by atoms with Crippen molar-refractivity contribution < 1.29 is 24.6 Å². The van der Waals surface area contributed by atoms with Crippen molar-refractivity contribution in [2.75, 3.05) is 24.5 Å². The molecule has 2 aromatic rings. The van der Waals surface area contributed by atoms with Gasteiger partial charge in [0.15, 0.2) is 0 Å². The van der Waals surface area contributed by atoms with Crippen molar-refractivity contribution >= 4 is 53.4 Å². The van der Waals surface area contributed by atoms with Crippen LogP contribution in [0.2, 0.25) is 0 Å². The van der Waals surface area contributed by atoms with E-state index in [4.69, 9.17) is 21.2 Å². The summed E-state index contributed by atoms with van der Waals surface area (Å²) >= 11 is 1.43. The van der Waals surface area contributed by atoms with E-state index < -0.39 is 18.0 Å². The van der Waals surface area contributed by atoms with E-state index in [1.54, 1.807) is 6.07 Å². The third kappa shape index (κ3) is 8.60. The van der Waals surface area contributed by atoms with Crippen LogP contribution in [0.15, 0.2) is 35.9 Å². The molecule has 1 atom stereocenters. The van der Waals surface area contributed by atoms with E-state index in [9.17, 15) is 14.4 Å². The van der Waals surface area contributed by atoms with Crippen LogP contribution in [-0.2, 0) is 20.8 Å². The molecule has 3 rings (SSSR count). The van der Waals surface area contributed by atoms with Gasteiger partial charge in [-0.2, -0.15) is 5.26 Å². The van der Waals surface area contributed by atoms with Crippen molar-refractivity contribution in [2.24, 2.45) is 5.73 Å². The normalized spacial score (nSPS) is 13.6. The van der Waals surface area contributed by atoms with Gasteiger partial charge in [0.2, 0.25) is 5.91 Å². The lowest BCUT2D eigenvalue weighted by atomic mass is 9.98. The number of benzene rings is 1. The molecule has 0 aliphatic carbocycles. The molecule has 1 aromatic heterocycles. The first-order chi connectivity index (χ1) is 17.3. The number of anilines is 1. The topological polar surface area (TPSA) is 157 Å². The summed E-state index contributed by atoms with van der Waals surface area (Å²) in [5.41, 5.74) is 8.55. The molecule has 0 saturated heterocycles. The summed E-state index contributed by atoms with van der Waals surface area (Å²) in [6.45, 7) is 2.00. The van der Waals surface area contributed by atoms with Crippen LogP contribution in [0.25, 0.3) is 16.5 Å². The van der Waals surface area contributed by atoms with E-state index in [1.165, 1.54) is 23.0 Å². The highest BCUT2D eigenvalue weighted by molar-refractivity contribution is 7.16. The highest BCUT2D eigenvalue weighted by atomic mass is 35.5. The van der Waals surface area contributed by atoms with Crippen LogP contribution in [0.4, 0.5) is 5.69 Å². The van der Waals surface area contributed by atoms with Crippen molar-refractivity contribution in [1.29, 1.82) is 5.26 Å². The average molecular weight is 547 g/mol. The Balaban J connectivity index is 0.00000481. The number of nitriles is 1. The highest BCUT2D eigenvalue weighted by Gasteiger charge is 2.19. The molecule has 2 heterocycles. The fraction of sp³-hybridized carbons (Fsp3) is 0.385. The molecule has 0 fully saturated rings. The lowest BCUT2D eigenvalue weighted by Gasteiger charge is -2.31. The van der Waals surface area contributed by atoms with Gasteiger partial charge in [-0.1, -0.05) is 6.07 Å². The minimum atomic E-state index is -1.24. The summed E-state index contributed by atoms with van der Waals surface area (Å²) in [5.74, 6) is -2.27. The molecule has 0 unspecified atom stereocenters. The largest absolute Gasteiger partial charge is 0.480 e. The molecule has 198 valence electrons. The van der Waals surface area contributed by atoms with E-state index in [1.807, 2.05) is 18.2 Å². The van der Waals surface area contributed by atoms with Crippen molar-refractivity contribution in [3.05, 3.63) is 46.3 Å². The number of rotatable bonds is 12. The number of amides is 1. The molecule has 0 bridgehead atoms. The number of nitrogens with zero attached hydrogens (tertiary/aromatic N) is 2. The highest BCUT2D eigenvalue weighted by Crippen LogP contribution is 2.35. The number of hydrogen-bond donors (Lipinski definition) is 4. The van der Waals surface area contributed by atoms with Crippen LogP contribution in [0.3, 0.4) is 0 Å². The minimum absolute atomic E-state index is 0. The molecule has 9 nitrogen and oxygen atoms in total. The first-order valence-corrected chi connectivity index (χ1v) is 12.7. The maximum atomic E-state index is 12.3. The van der Waals surface area contributed by atoms with Crippen LogP contribution < -0.4 is 16.0 Å². The van der Waals surface area contributed by atoms with Crippen molar-refractivity contribution in [3.8, 4) is 16.5 Å². The molecule has 37 heavy (non-hydrogen) atoms. The van der Waals surface area contributed by atoms with Gasteiger partial charge in [0.25, 0.3) is 0 Å². The molecule has 5 N–H and O–H groups in total. The summed E-state index contributed by atoms with van der Waals surface area (Å²) in [5, 5.41) is 29.7. The Hall–Kier alpha value is -3.39. The Labute approximate surface area is 226 Å². The zero-order valence-corrected chi connectivity index (χ0v) is 21.9. The number of halogens is 1. The van der Waals surface area contributed by atoms with E-state index >= 15 is 0 Å². The van der Waals surface area contributed by atoms with Gasteiger partial charge in [-0.25, -0.2) is 4.79 Å². The number of hydrogen-bond acceptors (Lipinski definition) is 7. The van der Waals surface area contributed by atoms with Crippen LogP contribution in [0.1, 0.15) is 42.5 Å². The minimum Gasteiger partial charge on any atom is -0.480 e. The number of carbonyl (C=O) groups excluding carboxylic acids is 1. The number of nitrogens with two attached hydrogens (primary N) is 1. The number of carbonyl (C=O) groups is 3. The number of aryl methyl sites for hydroxylation is 1. The molecule has 11 heteroatoms. The zero-order chi connectivity index (χ0) is 26.1. The van der Waals surface area contributed by atoms with Crippen LogP contribution in [0.5, 0.6) is 0 Å². The van der Waals surface area contributed by atoms with Gasteiger partial charge in [-0.15, -0.1) is 23.7 Å². The average Bonchev–Trinajstić information content (AvgIpc) is 3.33. The standard InChI is InChI=1S/C26H30N4O5S.ClH/c27-16-19(25(32)33)15-20-7-9-23(36-20)18-6-8-22-17(14-18)4-3-12-30(22)13-10-24(31)29-11-2-1-5-21(28)26(34)35;/h6-9,14-15,21H,1-5,10-13,28H2,(H,29,31)(H,32,33)(H,34,35);1H/b19-15+;/t21-;/m1./s1. The predicted molar refractivity (Wildman–Crippen MR) is 146 cm³/mol. The Morgan fingerprint density at radius 2 is 2.00 bits per heavy atom. The summed E-state index contributed by atoms with van der Waals surface area (Å²) in [7, 11) is 0. The summed E-state index contributed by atoms with van der Waals surface area (Å²) < 4.78 is 0. The maximum absolute atomic E-state index is 12.3. The molecule has 1 aliphatic heterocycles. The molecular weight excluding hydrogens is 516 g/mol. The first-order valence-electron chi connectivity index (χ1n) is 11.9. The second-order valence-electron chi connectivity index (χ2n) is 8.65. The Morgan fingerprint density at radius 1 is 1.22 bits per heavy atom. The van der Waals surface area contributed by atoms with Gasteiger partial charge in [-0.3, -0.25) is 9.59 Å². The Morgan fingerprint density at radius 3 is 2.70 bits per heavy atom. The molecule has 1 amide bonds. The van der Waals surface area contributed by atoms with E-state index in [2.05, 4.69) is 22.3 Å². The summed E-state index contributed by atoms with van der Waals surface area (Å²) in [6.07, 6.45) is 5.43. The van der Waals surface area contributed by atoms with Gasteiger partial charge in [0, 0.05) is 41.5 Å². The second-order valence-corrected chi connectivity index (χ2v) is 9.77. The summed E-state index contributed by atoms with van der Waals surface area (Å²) in [4.78, 5) is 38.0. The van der Waals surface area contributed by atoms with Gasteiger partial charge in [0.1, 0.15) is 17.7 Å². The first kappa shape index (κ1) is 29.8. The van der Waals surface area contributed by atoms with Crippen molar-refractivity contribution in [1.82, 2.24) is 5.32 Å². The molecule has 0 spiro atoms. The molecule has 1 aromatic carbocycles. The van der Waals surface area contributed by atoms with E-state index in [-0.39, 0.29) is 23.9 Å². The van der Waals surface area contributed by atoms with Crippen LogP contribution in [0, 0.1) is 11.3 Å². The smallest absolute Gasteiger partial charge is 0.346 e. The Bertz CT molecular complexity index is 1190. The summed E-state index contributed by atoms with van der Waals surface area (Å²) in [6, 6.07) is 10.8. The number of carboxylic acid groups (broad SMARTS) is 2. The number of aliphatic carboxylic acids is 2. The number of carboxylic acids is 2. The van der Waals surface area contributed by atoms with Crippen LogP contribution >= 0.6 is 23.7 Å². The quantitative estimate of drug-likeness (QED) is 0.178. The monoisotopic (exact) mass is 546 g/mol. The van der Waals surface area contributed by atoms with Crippen molar-refractivity contribution in [2.45, 2.75) is 44.6 Å². The van der Waals surface area contributed by atoms with Gasteiger partial charge < -0.3 is 26.2 Å². The molecule has 0 saturated carbocycles. The molecular formula is C26H31ClN4O5S. The number of fused-ring (bicyclic) bond motifs is 1. The second kappa shape index (κ2) is 14.4. The van der Waals surface area contributed by atoms with Gasteiger partial charge >= 0.3 is 11.9 Å². The van der Waals surface area contributed by atoms with Crippen molar-refractivity contribution in [3.63, 3.8) is 0 Å². The number of nitrogens with one attached hydrogen (secondary N) is 1. The fourth-order valence-corrected chi connectivity index (χ4v) is 5.04. The third-order valence-corrected chi connectivity index (χ3v) is 7.11. The van der Waals surface area contributed by atoms with E-state index in [0.717, 1.165) is 35.5 Å². The van der Waals surface area contributed by atoms with Gasteiger partial charge in [0.05, 0.1) is 0 Å². The predicted octanol–water partition coefficient (Wildman–Crippen LogP) is 3.67. The lowest BCUT2D eigenvalue weighted by molar-refractivity contribution is -0.138. The fourth-order valence-electron chi connectivity index (χ4n) is 4.10. The lowest BCUT2D eigenvalue weighted by Crippen LogP contribution is -2.34.